The van der Waals surface area contributed by atoms with Crippen LogP contribution in [0.1, 0.15) is 25.6 Å². The van der Waals surface area contributed by atoms with E-state index in [0.29, 0.717) is 4.88 Å². The topological polar surface area (TPSA) is 87.0 Å². The molecule has 0 aliphatic rings. The lowest BCUT2D eigenvalue weighted by molar-refractivity contribution is -0.125. The van der Waals surface area contributed by atoms with E-state index in [-0.39, 0.29) is 16.5 Å². The van der Waals surface area contributed by atoms with Crippen molar-refractivity contribution in [2.24, 2.45) is 5.41 Å². The zero-order valence-corrected chi connectivity index (χ0v) is 12.0. The Balaban J connectivity index is 2.78. The first-order valence-electron chi connectivity index (χ1n) is 5.20. The average molecular weight is 286 g/mol. The third-order valence-corrected chi connectivity index (χ3v) is 5.10. The van der Waals surface area contributed by atoms with Crippen LogP contribution in [0, 0.1) is 16.7 Å². The molecule has 1 aromatic rings. The largest absolute Gasteiger partial charge is 0.298 e. The van der Waals surface area contributed by atoms with Crippen molar-refractivity contribution in [2.45, 2.75) is 25.0 Å². The minimum atomic E-state index is -3.71. The second-order valence-electron chi connectivity index (χ2n) is 4.73. The van der Waals surface area contributed by atoms with Gasteiger partial charge >= 0.3 is 0 Å². The maximum atomic E-state index is 11.8. The number of nitriles is 1. The van der Waals surface area contributed by atoms with Crippen molar-refractivity contribution < 1.29 is 13.2 Å². The second-order valence-corrected chi connectivity index (χ2v) is 7.81. The van der Waals surface area contributed by atoms with Crippen LogP contribution in [0.3, 0.4) is 0 Å². The summed E-state index contributed by atoms with van der Waals surface area (Å²) in [6, 6.07) is 4.66. The van der Waals surface area contributed by atoms with Gasteiger partial charge in [-0.1, -0.05) is 20.8 Å². The Morgan fingerprint density at radius 3 is 2.50 bits per heavy atom. The van der Waals surface area contributed by atoms with Crippen LogP contribution in [-0.2, 0) is 14.8 Å². The third-order valence-electron chi connectivity index (χ3n) is 2.22. The molecule has 0 aliphatic carbocycles. The minimum absolute atomic E-state index is 0.0424. The molecule has 0 radical (unpaired) electrons. The third kappa shape index (κ3) is 3.63. The summed E-state index contributed by atoms with van der Waals surface area (Å²) in [5.74, 6) is -0.192. The van der Waals surface area contributed by atoms with Gasteiger partial charge in [0.05, 0.1) is 6.54 Å². The van der Waals surface area contributed by atoms with Gasteiger partial charge in [-0.2, -0.15) is 5.26 Å². The molecule has 0 amide bonds. The smallest absolute Gasteiger partial charge is 0.250 e. The van der Waals surface area contributed by atoms with Crippen molar-refractivity contribution in [3.63, 3.8) is 0 Å². The minimum Gasteiger partial charge on any atom is -0.298 e. The number of nitrogens with zero attached hydrogens (tertiary/aromatic N) is 1. The first-order chi connectivity index (χ1) is 8.16. The monoisotopic (exact) mass is 286 g/mol. The molecule has 5 nitrogen and oxygen atoms in total. The van der Waals surface area contributed by atoms with Gasteiger partial charge in [0.25, 0.3) is 0 Å². The molecule has 1 N–H and O–H groups in total. The standard InChI is InChI=1S/C11H14N2O3S2/c1-11(2,3)9(14)7-13-18(15,16)10-5-4-8(6-12)17-10/h4-5,13H,7H2,1-3H3. The molecule has 0 spiro atoms. The van der Waals surface area contributed by atoms with Gasteiger partial charge in [0.1, 0.15) is 15.2 Å². The van der Waals surface area contributed by atoms with Gasteiger partial charge in [0, 0.05) is 5.41 Å². The SMILES string of the molecule is CC(C)(C)C(=O)CNS(=O)(=O)c1ccc(C#N)s1. The van der Waals surface area contributed by atoms with E-state index in [1.807, 2.05) is 6.07 Å². The highest BCUT2D eigenvalue weighted by Crippen LogP contribution is 2.21. The number of ketones is 1. The van der Waals surface area contributed by atoms with Crippen LogP contribution in [0.25, 0.3) is 0 Å². The van der Waals surface area contributed by atoms with Crippen LogP contribution < -0.4 is 4.72 Å². The molecule has 0 aromatic carbocycles. The molecule has 1 heterocycles. The van der Waals surface area contributed by atoms with Crippen LogP contribution in [-0.4, -0.2) is 20.7 Å². The van der Waals surface area contributed by atoms with Gasteiger partial charge in [0.15, 0.2) is 5.78 Å². The number of carbonyl (C=O) groups is 1. The summed E-state index contributed by atoms with van der Waals surface area (Å²) in [7, 11) is -3.71. The van der Waals surface area contributed by atoms with Crippen molar-refractivity contribution in [3.8, 4) is 6.07 Å². The average Bonchev–Trinajstić information content (AvgIpc) is 2.73. The highest BCUT2D eigenvalue weighted by molar-refractivity contribution is 7.91. The number of hydrogen-bond donors (Lipinski definition) is 1. The Kier molecular flexibility index (Phi) is 4.27. The number of hydrogen-bond acceptors (Lipinski definition) is 5. The Morgan fingerprint density at radius 1 is 1.44 bits per heavy atom. The summed E-state index contributed by atoms with van der Waals surface area (Å²) >= 11 is 0.876. The van der Waals surface area contributed by atoms with E-state index >= 15 is 0 Å². The summed E-state index contributed by atoms with van der Waals surface area (Å²) in [6.45, 7) is 4.93. The Morgan fingerprint density at radius 2 is 2.06 bits per heavy atom. The lowest BCUT2D eigenvalue weighted by atomic mass is 9.91. The quantitative estimate of drug-likeness (QED) is 0.909. The Labute approximate surface area is 110 Å². The lowest BCUT2D eigenvalue weighted by Gasteiger charge is -2.16. The van der Waals surface area contributed by atoms with Crippen LogP contribution >= 0.6 is 11.3 Å². The molecule has 0 fully saturated rings. The van der Waals surface area contributed by atoms with Crippen LogP contribution in [0.4, 0.5) is 0 Å². The zero-order chi connectivity index (χ0) is 14.0. The number of nitrogens with one attached hydrogen (secondary N) is 1. The lowest BCUT2D eigenvalue weighted by Crippen LogP contribution is -2.35. The van der Waals surface area contributed by atoms with Crippen molar-refractivity contribution in [2.75, 3.05) is 6.54 Å². The maximum absolute atomic E-state index is 11.8. The fourth-order valence-electron chi connectivity index (χ4n) is 1.02. The number of Topliss-reactive ketones (excluding diaryl/α,β-unsaturated/α-hetero) is 1. The van der Waals surface area contributed by atoms with E-state index in [0.717, 1.165) is 11.3 Å². The number of thiophene rings is 1. The van der Waals surface area contributed by atoms with Crippen LogP contribution in [0.15, 0.2) is 16.3 Å². The predicted octanol–water partition coefficient (Wildman–Crippen LogP) is 1.51. The van der Waals surface area contributed by atoms with Gasteiger partial charge in [-0.15, -0.1) is 11.3 Å². The zero-order valence-electron chi connectivity index (χ0n) is 10.4. The van der Waals surface area contributed by atoms with E-state index in [1.165, 1.54) is 12.1 Å². The summed E-state index contributed by atoms with van der Waals surface area (Å²) < 4.78 is 25.9. The summed E-state index contributed by atoms with van der Waals surface area (Å²) in [5.41, 5.74) is -0.588. The van der Waals surface area contributed by atoms with E-state index in [9.17, 15) is 13.2 Å². The molecule has 0 atom stereocenters. The fraction of sp³-hybridized carbons (Fsp3) is 0.455. The van der Waals surface area contributed by atoms with Gasteiger partial charge in [0.2, 0.25) is 10.0 Å². The van der Waals surface area contributed by atoms with Crippen molar-refractivity contribution in [1.29, 1.82) is 5.26 Å². The van der Waals surface area contributed by atoms with E-state index < -0.39 is 15.4 Å². The molecule has 0 saturated carbocycles. The van der Waals surface area contributed by atoms with Crippen molar-refractivity contribution in [3.05, 3.63) is 17.0 Å². The normalized spacial score (nSPS) is 12.1. The molecule has 7 heteroatoms. The van der Waals surface area contributed by atoms with E-state index in [2.05, 4.69) is 4.72 Å². The molecule has 18 heavy (non-hydrogen) atoms. The summed E-state index contributed by atoms with van der Waals surface area (Å²) in [5, 5.41) is 8.63. The first-order valence-corrected chi connectivity index (χ1v) is 7.50. The van der Waals surface area contributed by atoms with E-state index in [4.69, 9.17) is 5.26 Å². The molecule has 0 unspecified atom stereocenters. The molecule has 0 bridgehead atoms. The first kappa shape index (κ1) is 14.8. The Hall–Kier alpha value is -1.23. The second kappa shape index (κ2) is 5.18. The van der Waals surface area contributed by atoms with Gasteiger partial charge in [-0.25, -0.2) is 13.1 Å². The van der Waals surface area contributed by atoms with Gasteiger partial charge < -0.3 is 0 Å². The van der Waals surface area contributed by atoms with Crippen LogP contribution in [0.2, 0.25) is 0 Å². The molecule has 1 rings (SSSR count). The van der Waals surface area contributed by atoms with Crippen molar-refractivity contribution >= 4 is 27.1 Å². The maximum Gasteiger partial charge on any atom is 0.250 e. The van der Waals surface area contributed by atoms with Gasteiger partial charge in [-0.05, 0) is 12.1 Å². The number of carbonyl (C=O) groups excluding carboxylic acids is 1. The number of sulfonamides is 1. The molecule has 98 valence electrons. The number of rotatable bonds is 4. The molecule has 0 saturated heterocycles. The fourth-order valence-corrected chi connectivity index (χ4v) is 3.15. The Bertz CT molecular complexity index is 589. The van der Waals surface area contributed by atoms with Gasteiger partial charge in [-0.3, -0.25) is 4.79 Å². The van der Waals surface area contributed by atoms with Crippen molar-refractivity contribution in [1.82, 2.24) is 4.72 Å². The predicted molar refractivity (Wildman–Crippen MR) is 68.7 cm³/mol. The highest BCUT2D eigenvalue weighted by Gasteiger charge is 2.24. The molecule has 1 aromatic heterocycles. The van der Waals surface area contributed by atoms with Crippen LogP contribution in [0.5, 0.6) is 0 Å². The molecular formula is C11H14N2O3S2. The highest BCUT2D eigenvalue weighted by atomic mass is 32.2. The van der Waals surface area contributed by atoms with E-state index in [1.54, 1.807) is 20.8 Å². The molecule has 0 aliphatic heterocycles. The molecular weight excluding hydrogens is 272 g/mol. The summed E-state index contributed by atoms with van der Waals surface area (Å²) in [4.78, 5) is 11.9. The summed E-state index contributed by atoms with van der Waals surface area (Å²) in [6.07, 6.45) is 0.